The van der Waals surface area contributed by atoms with Crippen molar-refractivity contribution in [1.29, 1.82) is 0 Å². The van der Waals surface area contributed by atoms with Gasteiger partial charge in [-0.2, -0.15) is 4.31 Å². The Morgan fingerprint density at radius 2 is 1.80 bits per heavy atom. The number of thiazole rings is 1. The first-order chi connectivity index (χ1) is 14.4. The molecule has 1 heterocycles. The standard InChI is InChI=1S/C22H23N3O3S2/c1-3-14-25(15-4-2)30(27,28)18-11-12-19-20(16-18)29-22(23-19)24-21(26)13-10-17-8-6-5-7-9-17/h3-9,11-12,16H,1-2,10,13-15H2,(H,23,24,26). The molecule has 30 heavy (non-hydrogen) atoms. The Balaban J connectivity index is 1.74. The highest BCUT2D eigenvalue weighted by molar-refractivity contribution is 7.89. The molecule has 1 N–H and O–H groups in total. The van der Waals surface area contributed by atoms with Crippen LogP contribution >= 0.6 is 11.3 Å². The SMILES string of the molecule is C=CCN(CC=C)S(=O)(=O)c1ccc2nc(NC(=O)CCc3ccccc3)sc2c1. The second-order valence-corrected chi connectivity index (χ2v) is 9.55. The van der Waals surface area contributed by atoms with E-state index in [0.717, 1.165) is 5.56 Å². The predicted octanol–water partition coefficient (Wildman–Crippen LogP) is 4.23. The van der Waals surface area contributed by atoms with Gasteiger partial charge in [-0.25, -0.2) is 13.4 Å². The van der Waals surface area contributed by atoms with Crippen LogP contribution in [0.4, 0.5) is 5.13 Å². The van der Waals surface area contributed by atoms with Crippen molar-refractivity contribution in [2.24, 2.45) is 0 Å². The lowest BCUT2D eigenvalue weighted by molar-refractivity contribution is -0.116. The van der Waals surface area contributed by atoms with E-state index in [1.165, 1.54) is 33.9 Å². The molecule has 0 aliphatic carbocycles. The molecule has 1 amide bonds. The molecule has 0 radical (unpaired) electrons. The van der Waals surface area contributed by atoms with Crippen LogP contribution in [0.3, 0.4) is 0 Å². The number of carbonyl (C=O) groups is 1. The zero-order valence-electron chi connectivity index (χ0n) is 16.5. The molecule has 0 saturated heterocycles. The molecule has 0 aliphatic rings. The van der Waals surface area contributed by atoms with Gasteiger partial charge in [0.2, 0.25) is 15.9 Å². The fourth-order valence-electron chi connectivity index (χ4n) is 2.91. The zero-order chi connectivity index (χ0) is 21.6. The maximum absolute atomic E-state index is 12.9. The van der Waals surface area contributed by atoms with E-state index in [4.69, 9.17) is 0 Å². The van der Waals surface area contributed by atoms with E-state index >= 15 is 0 Å². The third kappa shape index (κ3) is 5.21. The number of hydrogen-bond donors (Lipinski definition) is 1. The van der Waals surface area contributed by atoms with Crippen LogP contribution in [0.15, 0.2) is 78.7 Å². The van der Waals surface area contributed by atoms with Gasteiger partial charge in [-0.3, -0.25) is 4.79 Å². The van der Waals surface area contributed by atoms with E-state index in [-0.39, 0.29) is 23.9 Å². The lowest BCUT2D eigenvalue weighted by atomic mass is 10.1. The molecule has 3 aromatic rings. The first kappa shape index (κ1) is 21.9. The first-order valence-electron chi connectivity index (χ1n) is 9.40. The molecule has 8 heteroatoms. The monoisotopic (exact) mass is 441 g/mol. The maximum Gasteiger partial charge on any atom is 0.243 e. The van der Waals surface area contributed by atoms with E-state index < -0.39 is 10.0 Å². The highest BCUT2D eigenvalue weighted by Gasteiger charge is 2.23. The summed E-state index contributed by atoms with van der Waals surface area (Å²) in [6.07, 6.45) is 4.06. The van der Waals surface area contributed by atoms with Gasteiger partial charge in [0.25, 0.3) is 0 Å². The molecule has 156 valence electrons. The number of aromatic nitrogens is 1. The molecule has 2 aromatic carbocycles. The van der Waals surface area contributed by atoms with E-state index in [1.807, 2.05) is 30.3 Å². The van der Waals surface area contributed by atoms with Gasteiger partial charge in [0.1, 0.15) is 0 Å². The predicted molar refractivity (Wildman–Crippen MR) is 122 cm³/mol. The van der Waals surface area contributed by atoms with E-state index in [9.17, 15) is 13.2 Å². The lowest BCUT2D eigenvalue weighted by Crippen LogP contribution is -2.31. The summed E-state index contributed by atoms with van der Waals surface area (Å²) in [4.78, 5) is 16.8. The molecule has 0 atom stereocenters. The Labute approximate surface area is 180 Å². The Morgan fingerprint density at radius 1 is 1.10 bits per heavy atom. The number of fused-ring (bicyclic) bond motifs is 1. The first-order valence-corrected chi connectivity index (χ1v) is 11.7. The van der Waals surface area contributed by atoms with Crippen molar-refractivity contribution < 1.29 is 13.2 Å². The number of carbonyl (C=O) groups excluding carboxylic acids is 1. The van der Waals surface area contributed by atoms with Gasteiger partial charge in [-0.05, 0) is 30.2 Å². The summed E-state index contributed by atoms with van der Waals surface area (Å²) < 4.78 is 27.8. The van der Waals surface area contributed by atoms with Crippen LogP contribution < -0.4 is 5.32 Å². The minimum Gasteiger partial charge on any atom is -0.302 e. The quantitative estimate of drug-likeness (QED) is 0.478. The molecule has 6 nitrogen and oxygen atoms in total. The van der Waals surface area contributed by atoms with Crippen molar-refractivity contribution in [2.75, 3.05) is 18.4 Å². The van der Waals surface area contributed by atoms with Crippen molar-refractivity contribution in [3.8, 4) is 0 Å². The van der Waals surface area contributed by atoms with Gasteiger partial charge in [0, 0.05) is 19.5 Å². The van der Waals surface area contributed by atoms with Gasteiger partial charge < -0.3 is 5.32 Å². The minimum atomic E-state index is -3.69. The summed E-state index contributed by atoms with van der Waals surface area (Å²) in [6, 6.07) is 14.5. The highest BCUT2D eigenvalue weighted by Crippen LogP contribution is 2.29. The summed E-state index contributed by atoms with van der Waals surface area (Å²) in [5.74, 6) is -0.131. The third-order valence-corrected chi connectivity index (χ3v) is 7.15. The molecular weight excluding hydrogens is 418 g/mol. The number of sulfonamides is 1. The minimum absolute atomic E-state index is 0.131. The van der Waals surface area contributed by atoms with Crippen molar-refractivity contribution >= 4 is 42.6 Å². The molecule has 0 aliphatic heterocycles. The molecule has 0 unspecified atom stereocenters. The summed E-state index contributed by atoms with van der Waals surface area (Å²) in [5.41, 5.74) is 1.73. The topological polar surface area (TPSA) is 79.4 Å². The number of anilines is 1. The third-order valence-electron chi connectivity index (χ3n) is 4.39. The van der Waals surface area contributed by atoms with Crippen LogP contribution in [0, 0.1) is 0 Å². The Morgan fingerprint density at radius 3 is 2.47 bits per heavy atom. The molecule has 3 rings (SSSR count). The van der Waals surface area contributed by atoms with E-state index in [0.29, 0.717) is 28.2 Å². The van der Waals surface area contributed by atoms with Gasteiger partial charge in [0.05, 0.1) is 15.1 Å². The second-order valence-electron chi connectivity index (χ2n) is 6.58. The normalized spacial score (nSPS) is 11.5. The van der Waals surface area contributed by atoms with E-state index in [2.05, 4.69) is 23.5 Å². The average molecular weight is 442 g/mol. The van der Waals surface area contributed by atoms with Gasteiger partial charge in [-0.15, -0.1) is 13.2 Å². The number of hydrogen-bond acceptors (Lipinski definition) is 5. The molecule has 0 fully saturated rings. The van der Waals surface area contributed by atoms with Gasteiger partial charge >= 0.3 is 0 Å². The number of amides is 1. The average Bonchev–Trinajstić information content (AvgIpc) is 3.14. The smallest absolute Gasteiger partial charge is 0.243 e. The molecule has 0 spiro atoms. The highest BCUT2D eigenvalue weighted by atomic mass is 32.2. The summed E-state index contributed by atoms with van der Waals surface area (Å²) >= 11 is 1.25. The van der Waals surface area contributed by atoms with Crippen LogP contribution in [0.25, 0.3) is 10.2 Å². The van der Waals surface area contributed by atoms with Crippen LogP contribution in [0.2, 0.25) is 0 Å². The summed E-state index contributed by atoms with van der Waals surface area (Å²) in [7, 11) is -3.69. The fraction of sp³-hybridized carbons (Fsp3) is 0.182. The van der Waals surface area contributed by atoms with Crippen molar-refractivity contribution in [3.63, 3.8) is 0 Å². The maximum atomic E-state index is 12.9. The Hall–Kier alpha value is -2.81. The van der Waals surface area contributed by atoms with Crippen molar-refractivity contribution in [3.05, 3.63) is 79.4 Å². The fourth-order valence-corrected chi connectivity index (χ4v) is 5.32. The number of benzene rings is 2. The van der Waals surface area contributed by atoms with Crippen molar-refractivity contribution in [1.82, 2.24) is 9.29 Å². The lowest BCUT2D eigenvalue weighted by Gasteiger charge is -2.18. The number of nitrogens with one attached hydrogen (secondary N) is 1. The van der Waals surface area contributed by atoms with Crippen LogP contribution in [-0.4, -0.2) is 36.7 Å². The van der Waals surface area contributed by atoms with Gasteiger partial charge in [-0.1, -0.05) is 53.8 Å². The van der Waals surface area contributed by atoms with Crippen LogP contribution in [0.1, 0.15) is 12.0 Å². The largest absolute Gasteiger partial charge is 0.302 e. The van der Waals surface area contributed by atoms with Crippen LogP contribution in [-0.2, 0) is 21.2 Å². The van der Waals surface area contributed by atoms with Crippen LogP contribution in [0.5, 0.6) is 0 Å². The van der Waals surface area contributed by atoms with Crippen molar-refractivity contribution in [2.45, 2.75) is 17.7 Å². The number of aryl methyl sites for hydroxylation is 1. The Bertz CT molecular complexity index is 1140. The van der Waals surface area contributed by atoms with Gasteiger partial charge in [0.15, 0.2) is 5.13 Å². The second kappa shape index (κ2) is 9.80. The summed E-state index contributed by atoms with van der Waals surface area (Å²) in [6.45, 7) is 7.62. The number of rotatable bonds is 10. The van der Waals surface area contributed by atoms with E-state index in [1.54, 1.807) is 12.1 Å². The Kier molecular flexibility index (Phi) is 7.15. The number of nitrogens with zero attached hydrogens (tertiary/aromatic N) is 2. The zero-order valence-corrected chi connectivity index (χ0v) is 18.1. The molecule has 1 aromatic heterocycles. The molecule has 0 saturated carbocycles. The summed E-state index contributed by atoms with van der Waals surface area (Å²) in [5, 5.41) is 3.26. The molecular formula is C22H23N3O3S2. The molecule has 0 bridgehead atoms.